The Kier molecular flexibility index (Phi) is 13.7. The van der Waals surface area contributed by atoms with Crippen LogP contribution in [-0.4, -0.2) is 102 Å². The van der Waals surface area contributed by atoms with Crippen molar-refractivity contribution in [1.29, 1.82) is 0 Å². The van der Waals surface area contributed by atoms with E-state index in [0.29, 0.717) is 69.3 Å². The minimum Gasteiger partial charge on any atom is -0.480 e. The molecule has 4 aromatic rings. The average Bonchev–Trinajstić information content (AvgIpc) is 3.76. The number of amides is 1. The van der Waals surface area contributed by atoms with Crippen molar-refractivity contribution in [3.05, 3.63) is 117 Å². The third-order valence-electron chi connectivity index (χ3n) is 10.5. The SMILES string of the molecule is N[C@@H](CCCCCC(=O)CN1CC=C(c2cccc3c2CCN(C(=O)/C=C/c2c(-n4cnnn4)ccc(Cl)c2F)C3C(=O)Cc2ccc(C(=O)O)cc2)CC1)C(=O)O. The fourth-order valence-electron chi connectivity index (χ4n) is 7.47. The Hall–Kier alpha value is -5.90. The van der Waals surface area contributed by atoms with E-state index in [1.807, 2.05) is 18.2 Å². The number of unbranched alkanes of at least 4 members (excludes halogenated alkanes) is 2. The molecular weight excluding hydrogens is 769 g/mol. The highest BCUT2D eigenvalue weighted by atomic mass is 35.5. The molecule has 0 saturated carbocycles. The van der Waals surface area contributed by atoms with Gasteiger partial charge in [-0.25, -0.2) is 9.18 Å². The maximum atomic E-state index is 15.4. The Bertz CT molecular complexity index is 2240. The van der Waals surface area contributed by atoms with Gasteiger partial charge in [-0.2, -0.15) is 4.68 Å². The highest BCUT2D eigenvalue weighted by Gasteiger charge is 2.36. The van der Waals surface area contributed by atoms with Gasteiger partial charge in [0.2, 0.25) is 5.91 Å². The van der Waals surface area contributed by atoms with Crippen molar-refractivity contribution < 1.29 is 38.6 Å². The number of tetrazole rings is 1. The van der Waals surface area contributed by atoms with Crippen LogP contribution in [0.25, 0.3) is 17.3 Å². The number of rotatable bonds is 17. The fraction of sp³-hybridized carbons (Fsp3) is 0.333. The number of aromatic nitrogens is 4. The highest BCUT2D eigenvalue weighted by molar-refractivity contribution is 6.31. The van der Waals surface area contributed by atoms with E-state index >= 15 is 4.39 Å². The van der Waals surface area contributed by atoms with Crippen molar-refractivity contribution in [1.82, 2.24) is 30.0 Å². The van der Waals surface area contributed by atoms with Gasteiger partial charge in [0.05, 0.1) is 22.8 Å². The minimum absolute atomic E-state index is 0.0209. The smallest absolute Gasteiger partial charge is 0.335 e. The zero-order chi connectivity index (χ0) is 41.3. The number of carboxylic acid groups (broad SMARTS) is 2. The van der Waals surface area contributed by atoms with Gasteiger partial charge in [-0.05, 0) is 94.3 Å². The number of carbonyl (C=O) groups is 5. The zero-order valence-corrected chi connectivity index (χ0v) is 32.4. The predicted octanol–water partition coefficient (Wildman–Crippen LogP) is 5.12. The van der Waals surface area contributed by atoms with Crippen LogP contribution in [0.1, 0.15) is 82.7 Å². The summed E-state index contributed by atoms with van der Waals surface area (Å²) < 4.78 is 16.6. The van der Waals surface area contributed by atoms with Crippen LogP contribution < -0.4 is 5.73 Å². The summed E-state index contributed by atoms with van der Waals surface area (Å²) in [5.41, 5.74) is 10.1. The Morgan fingerprint density at radius 1 is 0.983 bits per heavy atom. The number of Topliss-reactive ketones (excluding diaryl/α,β-unsaturated/α-hetero) is 2. The molecule has 58 heavy (non-hydrogen) atoms. The molecule has 0 bridgehead atoms. The number of fused-ring (bicyclic) bond motifs is 1. The van der Waals surface area contributed by atoms with E-state index in [1.54, 1.807) is 12.1 Å². The average molecular weight is 812 g/mol. The first-order chi connectivity index (χ1) is 27.9. The maximum absolute atomic E-state index is 15.4. The first-order valence-corrected chi connectivity index (χ1v) is 19.4. The van der Waals surface area contributed by atoms with Gasteiger partial charge in [-0.15, -0.1) is 5.10 Å². The van der Waals surface area contributed by atoms with E-state index in [9.17, 15) is 29.1 Å². The Morgan fingerprint density at radius 2 is 1.78 bits per heavy atom. The van der Waals surface area contributed by atoms with Crippen LogP contribution in [0.5, 0.6) is 0 Å². The largest absolute Gasteiger partial charge is 0.480 e. The topological polar surface area (TPSA) is 202 Å². The molecule has 14 nitrogen and oxygen atoms in total. The van der Waals surface area contributed by atoms with Gasteiger partial charge in [-0.1, -0.05) is 60.9 Å². The van der Waals surface area contributed by atoms with Crippen molar-refractivity contribution in [2.45, 2.75) is 63.5 Å². The third-order valence-corrected chi connectivity index (χ3v) is 10.8. The second kappa shape index (κ2) is 19.0. The molecule has 2 atom stereocenters. The van der Waals surface area contributed by atoms with Crippen LogP contribution >= 0.6 is 11.6 Å². The van der Waals surface area contributed by atoms with Gasteiger partial charge < -0.3 is 20.8 Å². The summed E-state index contributed by atoms with van der Waals surface area (Å²) in [6.07, 6.45) is 9.78. The van der Waals surface area contributed by atoms with E-state index in [-0.39, 0.29) is 46.4 Å². The first kappa shape index (κ1) is 41.7. The molecule has 0 radical (unpaired) electrons. The highest BCUT2D eigenvalue weighted by Crippen LogP contribution is 2.37. The summed E-state index contributed by atoms with van der Waals surface area (Å²) in [5.74, 6) is -3.57. The van der Waals surface area contributed by atoms with Gasteiger partial charge in [-0.3, -0.25) is 24.1 Å². The molecule has 6 rings (SSSR count). The molecule has 0 saturated heterocycles. The Balaban J connectivity index is 1.21. The fourth-order valence-corrected chi connectivity index (χ4v) is 7.63. The molecule has 1 amide bonds. The number of carbonyl (C=O) groups excluding carboxylic acids is 3. The molecule has 1 aromatic heterocycles. The van der Waals surface area contributed by atoms with Crippen LogP contribution in [0, 0.1) is 5.82 Å². The number of hydrogen-bond acceptors (Lipinski definition) is 10. The van der Waals surface area contributed by atoms with Crippen LogP contribution in [0.4, 0.5) is 4.39 Å². The summed E-state index contributed by atoms with van der Waals surface area (Å²) in [4.78, 5) is 67.1. The molecule has 2 aliphatic rings. The third kappa shape index (κ3) is 9.96. The van der Waals surface area contributed by atoms with Crippen molar-refractivity contribution in [3.63, 3.8) is 0 Å². The van der Waals surface area contributed by atoms with Gasteiger partial charge in [0, 0.05) is 44.1 Å². The summed E-state index contributed by atoms with van der Waals surface area (Å²) in [6.45, 7) is 1.73. The predicted molar refractivity (Wildman–Crippen MR) is 213 cm³/mol. The first-order valence-electron chi connectivity index (χ1n) is 19.0. The van der Waals surface area contributed by atoms with Crippen molar-refractivity contribution in [3.8, 4) is 5.69 Å². The molecule has 1 unspecified atom stereocenters. The summed E-state index contributed by atoms with van der Waals surface area (Å²) in [6, 6.07) is 12.7. The Labute approximate surface area is 338 Å². The summed E-state index contributed by atoms with van der Waals surface area (Å²) in [5, 5.41) is 29.2. The summed E-state index contributed by atoms with van der Waals surface area (Å²) in [7, 11) is 0. The van der Waals surface area contributed by atoms with E-state index in [0.717, 1.165) is 23.1 Å². The number of nitrogens with zero attached hydrogens (tertiary/aromatic N) is 6. The van der Waals surface area contributed by atoms with E-state index < -0.39 is 35.7 Å². The van der Waals surface area contributed by atoms with Crippen molar-refractivity contribution in [2.75, 3.05) is 26.2 Å². The van der Waals surface area contributed by atoms with Crippen molar-refractivity contribution in [2.24, 2.45) is 5.73 Å². The Morgan fingerprint density at radius 3 is 2.47 bits per heavy atom. The maximum Gasteiger partial charge on any atom is 0.335 e. The summed E-state index contributed by atoms with van der Waals surface area (Å²) >= 11 is 6.11. The van der Waals surface area contributed by atoms with Crippen molar-refractivity contribution >= 4 is 52.7 Å². The van der Waals surface area contributed by atoms with E-state index in [1.165, 1.54) is 52.3 Å². The zero-order valence-electron chi connectivity index (χ0n) is 31.6. The number of nitrogens with two attached hydrogens (primary N) is 1. The van der Waals surface area contributed by atoms with Gasteiger partial charge in [0.1, 0.15) is 24.2 Å². The number of aromatic carboxylic acids is 1. The van der Waals surface area contributed by atoms with Crippen LogP contribution in [0.3, 0.4) is 0 Å². The molecule has 2 aliphatic heterocycles. The van der Waals surface area contributed by atoms with E-state index in [4.69, 9.17) is 22.4 Å². The normalized spacial score (nSPS) is 16.2. The van der Waals surface area contributed by atoms with Gasteiger partial charge in [0.25, 0.3) is 0 Å². The number of aliphatic carboxylic acids is 1. The number of halogens is 2. The lowest BCUT2D eigenvalue weighted by Gasteiger charge is -2.37. The molecule has 4 N–H and O–H groups in total. The van der Waals surface area contributed by atoms with Crippen LogP contribution in [0.15, 0.2) is 73.1 Å². The number of hydrogen-bond donors (Lipinski definition) is 3. The molecule has 16 heteroatoms. The lowest BCUT2D eigenvalue weighted by molar-refractivity contribution is -0.138. The lowest BCUT2D eigenvalue weighted by atomic mass is 9.82. The molecule has 3 aromatic carbocycles. The number of carboxylic acids is 2. The number of benzene rings is 3. The molecule has 0 aliphatic carbocycles. The monoisotopic (exact) mass is 811 g/mol. The van der Waals surface area contributed by atoms with Gasteiger partial charge >= 0.3 is 11.9 Å². The molecule has 3 heterocycles. The molecule has 0 spiro atoms. The number of ketones is 2. The molecule has 302 valence electrons. The van der Waals surface area contributed by atoms with Crippen LogP contribution in [0.2, 0.25) is 5.02 Å². The quantitative estimate of drug-likeness (QED) is 0.0940. The molecular formula is C42H43ClFN7O7. The standard InChI is InChI=1S/C42H43ClFN7O7/c43-34-14-15-36(51-25-46-47-48-51)33(39(34)44)13-16-38(54)50-22-19-31-30(6-4-7-32(31)40(50)37(53)23-26-9-11-28(12-10-26)41(55)56)27-17-20-49(21-18-27)24-29(52)5-2-1-3-8-35(45)42(57)58/h4,6-7,9-17,25,35,40H,1-3,5,8,18-24,45H2,(H,55,56)(H,57,58)/b16-13+/t35-,40?/m0/s1. The molecule has 0 fully saturated rings. The van der Waals surface area contributed by atoms with Gasteiger partial charge in [0.15, 0.2) is 11.6 Å². The second-order valence-corrected chi connectivity index (χ2v) is 14.8. The second-order valence-electron chi connectivity index (χ2n) is 14.4. The lowest BCUT2D eigenvalue weighted by Crippen LogP contribution is -2.43. The minimum atomic E-state index is -1.09. The van der Waals surface area contributed by atoms with Crippen LogP contribution in [-0.2, 0) is 32.0 Å². The van der Waals surface area contributed by atoms with E-state index in [2.05, 4.69) is 26.5 Å².